The lowest BCUT2D eigenvalue weighted by atomic mass is 10.0. The van der Waals surface area contributed by atoms with Crippen molar-refractivity contribution < 1.29 is 18.3 Å². The minimum absolute atomic E-state index is 0.117. The molecule has 34 heavy (non-hydrogen) atoms. The number of halogens is 2. The molecule has 0 saturated carbocycles. The number of carbonyl (C=O) groups is 1. The highest BCUT2D eigenvalue weighted by atomic mass is 19.1. The van der Waals surface area contributed by atoms with Gasteiger partial charge in [0.1, 0.15) is 34.8 Å². The predicted octanol–water partition coefficient (Wildman–Crippen LogP) is 4.34. The van der Waals surface area contributed by atoms with E-state index in [0.717, 1.165) is 12.5 Å². The quantitative estimate of drug-likeness (QED) is 0.460. The van der Waals surface area contributed by atoms with Gasteiger partial charge in [-0.3, -0.25) is 9.78 Å². The summed E-state index contributed by atoms with van der Waals surface area (Å²) in [7, 11) is 1.49. The zero-order chi connectivity index (χ0) is 23.7. The first kappa shape index (κ1) is 21.7. The van der Waals surface area contributed by atoms with E-state index in [-0.39, 0.29) is 11.5 Å². The van der Waals surface area contributed by atoms with Gasteiger partial charge in [0.15, 0.2) is 5.82 Å². The third kappa shape index (κ3) is 4.12. The highest BCUT2D eigenvalue weighted by Gasteiger charge is 2.24. The Morgan fingerprint density at radius 3 is 2.74 bits per heavy atom. The fourth-order valence-corrected chi connectivity index (χ4v) is 4.04. The molecule has 1 aliphatic heterocycles. The number of hydrogen-bond donors (Lipinski definition) is 2. The molecule has 2 N–H and O–H groups in total. The maximum atomic E-state index is 14.6. The maximum absolute atomic E-state index is 14.6. The summed E-state index contributed by atoms with van der Waals surface area (Å²) in [6.45, 7) is 0.629. The summed E-state index contributed by atoms with van der Waals surface area (Å²) in [5.41, 5.74) is 1.85. The van der Waals surface area contributed by atoms with Crippen LogP contribution < -0.4 is 15.4 Å². The van der Waals surface area contributed by atoms with Crippen LogP contribution in [0.2, 0.25) is 0 Å². The molecular formula is C25H21F2N5O2. The van der Waals surface area contributed by atoms with E-state index < -0.39 is 17.7 Å². The Kier molecular flexibility index (Phi) is 5.75. The molecule has 0 aliphatic carbocycles. The topological polar surface area (TPSA) is 89.0 Å². The number of nitrogens with zero attached hydrogens (tertiary/aromatic N) is 3. The summed E-state index contributed by atoms with van der Waals surface area (Å²) in [5, 5.41) is 6.64. The lowest BCUT2D eigenvalue weighted by Crippen LogP contribution is -2.44. The predicted molar refractivity (Wildman–Crippen MR) is 124 cm³/mol. The van der Waals surface area contributed by atoms with Crippen LogP contribution >= 0.6 is 0 Å². The van der Waals surface area contributed by atoms with E-state index in [2.05, 4.69) is 20.6 Å². The number of nitrogens with one attached hydrogen (secondary N) is 2. The molecule has 0 radical (unpaired) electrons. The second-order valence-corrected chi connectivity index (χ2v) is 7.97. The van der Waals surface area contributed by atoms with Crippen LogP contribution in [0.3, 0.4) is 0 Å². The molecule has 0 spiro atoms. The number of ether oxygens (including phenoxy) is 1. The Labute approximate surface area is 194 Å². The number of methoxy groups -OCH3 is 1. The molecule has 4 aromatic rings. The van der Waals surface area contributed by atoms with Gasteiger partial charge in [0.25, 0.3) is 0 Å². The minimum atomic E-state index is -0.699. The number of piperidine rings is 1. The van der Waals surface area contributed by atoms with Crippen LogP contribution in [-0.2, 0) is 4.79 Å². The lowest BCUT2D eigenvalue weighted by Gasteiger charge is -2.24. The lowest BCUT2D eigenvalue weighted by molar-refractivity contribution is -0.123. The summed E-state index contributed by atoms with van der Waals surface area (Å²) in [6, 6.07) is 9.90. The molecule has 172 valence electrons. The Morgan fingerprint density at radius 2 is 2.00 bits per heavy atom. The summed E-state index contributed by atoms with van der Waals surface area (Å²) < 4.78 is 33.7. The average molecular weight is 461 g/mol. The number of aromatic nitrogens is 3. The Hall–Kier alpha value is -4.14. The molecular weight excluding hydrogens is 440 g/mol. The highest BCUT2D eigenvalue weighted by Crippen LogP contribution is 2.37. The zero-order valence-corrected chi connectivity index (χ0v) is 18.3. The first-order valence-corrected chi connectivity index (χ1v) is 10.8. The first-order chi connectivity index (χ1) is 16.5. The molecule has 1 unspecified atom stereocenters. The SMILES string of the molecule is COc1cc(-c2ccc(F)cc2F)cc2c(NC3CCCNC3=O)nc(-c3cccnc3)nc12. The number of amides is 1. The number of fused-ring (bicyclic) bond motifs is 1. The summed E-state index contributed by atoms with van der Waals surface area (Å²) in [4.78, 5) is 26.0. The normalized spacial score (nSPS) is 15.7. The smallest absolute Gasteiger partial charge is 0.242 e. The number of rotatable bonds is 5. The molecule has 7 nitrogen and oxygen atoms in total. The van der Waals surface area contributed by atoms with Gasteiger partial charge >= 0.3 is 0 Å². The van der Waals surface area contributed by atoms with Crippen LogP contribution in [0.5, 0.6) is 5.75 Å². The van der Waals surface area contributed by atoms with Gasteiger partial charge in [0, 0.05) is 41.5 Å². The standard InChI is InChI=1S/C25H21F2N5O2/c1-34-21-11-15(17-7-6-16(26)12-19(17)27)10-18-22(21)31-23(14-4-2-8-28-13-14)32-24(18)30-20-5-3-9-29-25(20)33/h2,4,6-8,10-13,20H,3,5,9H2,1H3,(H,29,33)(H,30,31,32). The number of pyridine rings is 1. The van der Waals surface area contributed by atoms with Gasteiger partial charge in [-0.25, -0.2) is 18.7 Å². The van der Waals surface area contributed by atoms with Crippen LogP contribution in [0.1, 0.15) is 12.8 Å². The fourth-order valence-electron chi connectivity index (χ4n) is 4.04. The molecule has 0 bridgehead atoms. The Bertz CT molecular complexity index is 1380. The van der Waals surface area contributed by atoms with Crippen molar-refractivity contribution in [2.45, 2.75) is 18.9 Å². The zero-order valence-electron chi connectivity index (χ0n) is 18.3. The maximum Gasteiger partial charge on any atom is 0.242 e. The van der Waals surface area contributed by atoms with E-state index in [4.69, 9.17) is 9.72 Å². The van der Waals surface area contributed by atoms with E-state index in [0.29, 0.717) is 52.4 Å². The van der Waals surface area contributed by atoms with Crippen molar-refractivity contribution in [2.24, 2.45) is 0 Å². The largest absolute Gasteiger partial charge is 0.494 e. The third-order valence-electron chi connectivity index (χ3n) is 5.74. The van der Waals surface area contributed by atoms with Gasteiger partial charge in [0.05, 0.1) is 7.11 Å². The van der Waals surface area contributed by atoms with Crippen molar-refractivity contribution in [3.63, 3.8) is 0 Å². The number of carbonyl (C=O) groups excluding carboxylic acids is 1. The molecule has 2 aromatic heterocycles. The summed E-state index contributed by atoms with van der Waals surface area (Å²) in [6.07, 6.45) is 4.77. The molecule has 5 rings (SSSR count). The van der Waals surface area contributed by atoms with Crippen LogP contribution in [0.25, 0.3) is 33.4 Å². The van der Waals surface area contributed by atoms with Gasteiger partial charge in [-0.2, -0.15) is 0 Å². The molecule has 1 atom stereocenters. The van der Waals surface area contributed by atoms with Crippen molar-refractivity contribution in [1.29, 1.82) is 0 Å². The molecule has 3 heterocycles. The van der Waals surface area contributed by atoms with Crippen LogP contribution in [0.15, 0.2) is 54.9 Å². The third-order valence-corrected chi connectivity index (χ3v) is 5.74. The average Bonchev–Trinajstić information content (AvgIpc) is 2.85. The van der Waals surface area contributed by atoms with Crippen molar-refractivity contribution in [3.05, 3.63) is 66.5 Å². The van der Waals surface area contributed by atoms with Gasteiger partial charge in [0.2, 0.25) is 5.91 Å². The van der Waals surface area contributed by atoms with Gasteiger partial charge in [-0.05, 0) is 54.8 Å². The molecule has 1 aliphatic rings. The van der Waals surface area contributed by atoms with E-state index >= 15 is 0 Å². The van der Waals surface area contributed by atoms with Crippen LogP contribution in [0.4, 0.5) is 14.6 Å². The van der Waals surface area contributed by atoms with E-state index in [1.807, 2.05) is 6.07 Å². The van der Waals surface area contributed by atoms with E-state index in [9.17, 15) is 13.6 Å². The van der Waals surface area contributed by atoms with Crippen molar-refractivity contribution in [1.82, 2.24) is 20.3 Å². The van der Waals surface area contributed by atoms with Gasteiger partial charge < -0.3 is 15.4 Å². The Morgan fingerprint density at radius 1 is 1.12 bits per heavy atom. The van der Waals surface area contributed by atoms with Crippen LogP contribution in [-0.4, -0.2) is 40.6 Å². The van der Waals surface area contributed by atoms with Crippen molar-refractivity contribution in [2.75, 3.05) is 19.0 Å². The summed E-state index contributed by atoms with van der Waals surface area (Å²) in [5.74, 6) is -0.278. The number of hydrogen-bond acceptors (Lipinski definition) is 6. The van der Waals surface area contributed by atoms with Gasteiger partial charge in [-0.1, -0.05) is 0 Å². The highest BCUT2D eigenvalue weighted by molar-refractivity contribution is 5.99. The van der Waals surface area contributed by atoms with Crippen molar-refractivity contribution in [3.8, 4) is 28.3 Å². The number of benzene rings is 2. The second-order valence-electron chi connectivity index (χ2n) is 7.97. The number of anilines is 1. The van der Waals surface area contributed by atoms with Crippen LogP contribution in [0, 0.1) is 11.6 Å². The molecule has 2 aromatic carbocycles. The fraction of sp³-hybridized carbons (Fsp3) is 0.200. The second kappa shape index (κ2) is 9.01. The molecule has 1 saturated heterocycles. The molecule has 1 amide bonds. The molecule has 9 heteroatoms. The Balaban J connectivity index is 1.73. The van der Waals surface area contributed by atoms with Crippen molar-refractivity contribution >= 4 is 22.6 Å². The summed E-state index contributed by atoms with van der Waals surface area (Å²) >= 11 is 0. The molecule has 1 fully saturated rings. The monoisotopic (exact) mass is 461 g/mol. The van der Waals surface area contributed by atoms with E-state index in [1.165, 1.54) is 19.2 Å². The van der Waals surface area contributed by atoms with Gasteiger partial charge in [-0.15, -0.1) is 0 Å². The van der Waals surface area contributed by atoms with E-state index in [1.54, 1.807) is 30.6 Å². The minimum Gasteiger partial charge on any atom is -0.494 e. The first-order valence-electron chi connectivity index (χ1n) is 10.8.